The van der Waals surface area contributed by atoms with Gasteiger partial charge in [0, 0.05) is 42.5 Å². The van der Waals surface area contributed by atoms with Gasteiger partial charge in [-0.3, -0.25) is 9.71 Å². The monoisotopic (exact) mass is 457 g/mol. The Balaban J connectivity index is 1.86. The molecule has 2 heterocycles. The number of likely N-dealkylation sites (N-methyl/N-ethyl adjacent to an activating group) is 1. The van der Waals surface area contributed by atoms with Crippen LogP contribution in [0.3, 0.4) is 0 Å². The van der Waals surface area contributed by atoms with Gasteiger partial charge >= 0.3 is 0 Å². The standard InChI is InChI=1S/C26H33F2N3S/c1-5-17(3)18(6-2)14-23-10-11-25(30-32)26(31(23)4)16-22-8-7-9-24(29-22)19-12-20(27)15-21(28)13-19/h6-9,12-15,17-18,25-26,30,32H,2,5,10-11,16H2,1,3-4H3/b23-14-. The lowest BCUT2D eigenvalue weighted by atomic mass is 9.87. The van der Waals surface area contributed by atoms with E-state index in [0.29, 0.717) is 29.5 Å². The fraction of sp³-hybridized carbons (Fsp3) is 0.423. The Kier molecular flexibility index (Phi) is 8.49. The number of benzene rings is 1. The molecule has 1 N–H and O–H groups in total. The van der Waals surface area contributed by atoms with Gasteiger partial charge in [-0.1, -0.05) is 51.3 Å². The van der Waals surface area contributed by atoms with E-state index in [1.807, 2.05) is 18.2 Å². The third-order valence-corrected chi connectivity index (χ3v) is 6.97. The van der Waals surface area contributed by atoms with Crippen LogP contribution in [0.4, 0.5) is 8.78 Å². The zero-order valence-electron chi connectivity index (χ0n) is 19.1. The van der Waals surface area contributed by atoms with E-state index in [2.05, 4.69) is 56.0 Å². The summed E-state index contributed by atoms with van der Waals surface area (Å²) in [6.45, 7) is 8.50. The predicted molar refractivity (Wildman–Crippen MR) is 131 cm³/mol. The van der Waals surface area contributed by atoms with E-state index in [4.69, 9.17) is 4.98 Å². The number of hydrogen-bond acceptors (Lipinski definition) is 4. The molecule has 0 amide bonds. The maximum atomic E-state index is 13.7. The van der Waals surface area contributed by atoms with Crippen molar-refractivity contribution >= 4 is 12.8 Å². The topological polar surface area (TPSA) is 28.2 Å². The van der Waals surface area contributed by atoms with Crippen LogP contribution in [-0.2, 0) is 6.42 Å². The summed E-state index contributed by atoms with van der Waals surface area (Å²) in [6, 6.07) is 9.48. The molecule has 4 atom stereocenters. The highest BCUT2D eigenvalue weighted by Gasteiger charge is 2.32. The molecular weight excluding hydrogens is 424 g/mol. The minimum Gasteiger partial charge on any atom is -0.373 e. The molecule has 1 aromatic heterocycles. The first-order valence-electron chi connectivity index (χ1n) is 11.2. The Hall–Kier alpha value is -2.18. The van der Waals surface area contributed by atoms with Gasteiger partial charge in [0.2, 0.25) is 0 Å². The summed E-state index contributed by atoms with van der Waals surface area (Å²) in [6.07, 6.45) is 8.13. The summed E-state index contributed by atoms with van der Waals surface area (Å²) in [5.74, 6) is -0.335. The molecule has 1 aliphatic rings. The Morgan fingerprint density at radius 3 is 2.62 bits per heavy atom. The van der Waals surface area contributed by atoms with Crippen LogP contribution < -0.4 is 4.72 Å². The summed E-state index contributed by atoms with van der Waals surface area (Å²) in [5.41, 5.74) is 3.19. The lowest BCUT2D eigenvalue weighted by Gasteiger charge is -2.42. The van der Waals surface area contributed by atoms with Crippen molar-refractivity contribution in [2.45, 2.75) is 51.6 Å². The molecule has 3 rings (SSSR count). The lowest BCUT2D eigenvalue weighted by Crippen LogP contribution is -2.50. The molecule has 3 nitrogen and oxygen atoms in total. The van der Waals surface area contributed by atoms with Crippen molar-refractivity contribution in [3.05, 3.63) is 78.2 Å². The van der Waals surface area contributed by atoms with E-state index in [0.717, 1.165) is 31.0 Å². The summed E-state index contributed by atoms with van der Waals surface area (Å²) in [4.78, 5) is 7.04. The van der Waals surface area contributed by atoms with Crippen LogP contribution in [0.1, 0.15) is 38.8 Å². The molecule has 172 valence electrons. The second kappa shape index (κ2) is 11.1. The molecule has 1 aromatic carbocycles. The molecule has 6 heteroatoms. The zero-order valence-corrected chi connectivity index (χ0v) is 20.0. The highest BCUT2D eigenvalue weighted by Crippen LogP contribution is 2.31. The predicted octanol–water partition coefficient (Wildman–Crippen LogP) is 6.20. The minimum atomic E-state index is -0.605. The highest BCUT2D eigenvalue weighted by atomic mass is 32.1. The molecular formula is C26H33F2N3S. The van der Waals surface area contributed by atoms with Crippen molar-refractivity contribution in [2.24, 2.45) is 11.8 Å². The normalized spacial score (nSPS) is 22.1. The van der Waals surface area contributed by atoms with Gasteiger partial charge in [0.15, 0.2) is 0 Å². The highest BCUT2D eigenvalue weighted by molar-refractivity contribution is 7.78. The largest absolute Gasteiger partial charge is 0.373 e. The Labute approximate surface area is 196 Å². The average molecular weight is 458 g/mol. The van der Waals surface area contributed by atoms with Crippen molar-refractivity contribution in [3.8, 4) is 11.3 Å². The molecule has 0 radical (unpaired) electrons. The van der Waals surface area contributed by atoms with Gasteiger partial charge in [0.05, 0.1) is 11.7 Å². The molecule has 0 saturated carbocycles. The maximum absolute atomic E-state index is 13.7. The first-order valence-corrected chi connectivity index (χ1v) is 11.7. The number of rotatable bonds is 8. The van der Waals surface area contributed by atoms with Crippen molar-refractivity contribution in [1.29, 1.82) is 0 Å². The number of aromatic nitrogens is 1. The molecule has 1 aliphatic heterocycles. The average Bonchev–Trinajstić information content (AvgIpc) is 2.78. The van der Waals surface area contributed by atoms with Crippen LogP contribution in [0.25, 0.3) is 11.3 Å². The summed E-state index contributed by atoms with van der Waals surface area (Å²) < 4.78 is 30.5. The Bertz CT molecular complexity index is 942. The number of thiol groups is 1. The van der Waals surface area contributed by atoms with Gasteiger partial charge in [0.1, 0.15) is 11.6 Å². The molecule has 1 fully saturated rings. The second-order valence-corrected chi connectivity index (χ2v) is 8.94. The van der Waals surface area contributed by atoms with Crippen molar-refractivity contribution in [3.63, 3.8) is 0 Å². The smallest absolute Gasteiger partial charge is 0.126 e. The van der Waals surface area contributed by atoms with Gasteiger partial charge in [-0.05, 0) is 48.9 Å². The van der Waals surface area contributed by atoms with E-state index >= 15 is 0 Å². The molecule has 0 bridgehead atoms. The first-order chi connectivity index (χ1) is 15.4. The second-order valence-electron chi connectivity index (χ2n) is 8.69. The fourth-order valence-corrected chi connectivity index (χ4v) is 4.72. The number of likely N-dealkylation sites (tertiary alicyclic amines) is 1. The quantitative estimate of drug-likeness (QED) is 0.365. The number of halogens is 2. The number of nitrogens with zero attached hydrogens (tertiary/aromatic N) is 2. The number of nitrogens with one attached hydrogen (secondary N) is 1. The molecule has 2 aromatic rings. The van der Waals surface area contributed by atoms with Gasteiger partial charge in [-0.15, -0.1) is 6.58 Å². The van der Waals surface area contributed by atoms with E-state index in [9.17, 15) is 8.78 Å². The first kappa shape index (κ1) is 24.5. The van der Waals surface area contributed by atoms with Gasteiger partial charge < -0.3 is 4.90 Å². The van der Waals surface area contributed by atoms with Gasteiger partial charge in [-0.25, -0.2) is 8.78 Å². The lowest BCUT2D eigenvalue weighted by molar-refractivity contribution is 0.198. The zero-order chi connectivity index (χ0) is 23.3. The Morgan fingerprint density at radius 1 is 1.28 bits per heavy atom. The van der Waals surface area contributed by atoms with Crippen LogP contribution in [-0.4, -0.2) is 29.0 Å². The van der Waals surface area contributed by atoms with E-state index in [-0.39, 0.29) is 12.1 Å². The molecule has 32 heavy (non-hydrogen) atoms. The van der Waals surface area contributed by atoms with Crippen molar-refractivity contribution < 1.29 is 8.78 Å². The Morgan fingerprint density at radius 2 is 2.00 bits per heavy atom. The molecule has 1 saturated heterocycles. The van der Waals surface area contributed by atoms with E-state index in [1.54, 1.807) is 6.07 Å². The van der Waals surface area contributed by atoms with Crippen LogP contribution in [0.5, 0.6) is 0 Å². The number of allylic oxidation sites excluding steroid dienone is 3. The maximum Gasteiger partial charge on any atom is 0.126 e. The number of hydrogen-bond donors (Lipinski definition) is 2. The fourth-order valence-electron chi connectivity index (χ4n) is 4.41. The van der Waals surface area contributed by atoms with Gasteiger partial charge in [0.25, 0.3) is 0 Å². The minimum absolute atomic E-state index is 0.155. The molecule has 0 aliphatic carbocycles. The van der Waals surface area contributed by atoms with Crippen LogP contribution in [0.2, 0.25) is 0 Å². The summed E-state index contributed by atoms with van der Waals surface area (Å²) in [5, 5.41) is 0. The molecule has 0 spiro atoms. The summed E-state index contributed by atoms with van der Waals surface area (Å²) >= 11 is 4.38. The van der Waals surface area contributed by atoms with Crippen LogP contribution in [0, 0.1) is 23.5 Å². The van der Waals surface area contributed by atoms with E-state index < -0.39 is 11.6 Å². The van der Waals surface area contributed by atoms with Crippen LogP contribution in [0.15, 0.2) is 60.8 Å². The third-order valence-electron chi connectivity index (χ3n) is 6.63. The number of piperidine rings is 1. The van der Waals surface area contributed by atoms with Crippen molar-refractivity contribution in [2.75, 3.05) is 7.05 Å². The number of pyridine rings is 1. The van der Waals surface area contributed by atoms with Crippen molar-refractivity contribution in [1.82, 2.24) is 14.6 Å². The van der Waals surface area contributed by atoms with Crippen LogP contribution >= 0.6 is 12.8 Å². The molecule has 4 unspecified atom stereocenters. The SMILES string of the molecule is C=CC(/C=C1/CCC(NS)C(Cc2cccc(-c3cc(F)cc(F)c3)n2)N1C)C(C)CC. The summed E-state index contributed by atoms with van der Waals surface area (Å²) in [7, 11) is 2.12. The third kappa shape index (κ3) is 5.78. The van der Waals surface area contributed by atoms with E-state index in [1.165, 1.54) is 17.8 Å². The van der Waals surface area contributed by atoms with Gasteiger partial charge in [-0.2, -0.15) is 0 Å².